The van der Waals surface area contributed by atoms with Gasteiger partial charge in [-0.15, -0.1) is 0 Å². The van der Waals surface area contributed by atoms with Crippen molar-refractivity contribution in [2.24, 2.45) is 0 Å². The molecule has 84 valence electrons. The average molecular weight is 218 g/mol. The Morgan fingerprint density at radius 2 is 2.19 bits per heavy atom. The Balaban J connectivity index is 2.45. The highest BCUT2D eigenvalue weighted by molar-refractivity contribution is 5.61. The summed E-state index contributed by atoms with van der Waals surface area (Å²) in [6.07, 6.45) is 2.23. The fourth-order valence-electron chi connectivity index (χ4n) is 2.39. The van der Waals surface area contributed by atoms with Crippen molar-refractivity contribution >= 4 is 5.69 Å². The Hall–Kier alpha value is -1.56. The van der Waals surface area contributed by atoms with E-state index in [1.807, 2.05) is 0 Å². The molecule has 0 radical (unpaired) electrons. The van der Waals surface area contributed by atoms with E-state index in [-0.39, 0.29) is 11.4 Å². The minimum Gasteiger partial charge on any atom is -0.365 e. The SMILES string of the molecule is CC1(C)CCCN1c1ccc(F)cc1C#N. The van der Waals surface area contributed by atoms with Crippen molar-refractivity contribution < 1.29 is 4.39 Å². The summed E-state index contributed by atoms with van der Waals surface area (Å²) < 4.78 is 13.0. The van der Waals surface area contributed by atoms with E-state index in [4.69, 9.17) is 5.26 Å². The van der Waals surface area contributed by atoms with Crippen molar-refractivity contribution in [2.75, 3.05) is 11.4 Å². The molecule has 1 aliphatic heterocycles. The first-order chi connectivity index (χ1) is 7.54. The van der Waals surface area contributed by atoms with Gasteiger partial charge in [-0.3, -0.25) is 0 Å². The highest BCUT2D eigenvalue weighted by Crippen LogP contribution is 2.35. The zero-order chi connectivity index (χ0) is 11.8. The molecule has 2 rings (SSSR count). The molecular formula is C13H15FN2. The molecule has 1 aromatic carbocycles. The molecule has 1 aromatic rings. The van der Waals surface area contributed by atoms with Crippen LogP contribution in [0.15, 0.2) is 18.2 Å². The van der Waals surface area contributed by atoms with E-state index in [2.05, 4.69) is 24.8 Å². The second-order valence-corrected chi connectivity index (χ2v) is 4.84. The van der Waals surface area contributed by atoms with Gasteiger partial charge < -0.3 is 4.90 Å². The van der Waals surface area contributed by atoms with E-state index in [9.17, 15) is 4.39 Å². The first-order valence-corrected chi connectivity index (χ1v) is 5.52. The van der Waals surface area contributed by atoms with Crippen molar-refractivity contribution in [1.82, 2.24) is 0 Å². The summed E-state index contributed by atoms with van der Waals surface area (Å²) in [7, 11) is 0. The van der Waals surface area contributed by atoms with E-state index >= 15 is 0 Å². The summed E-state index contributed by atoms with van der Waals surface area (Å²) in [5.41, 5.74) is 1.34. The summed E-state index contributed by atoms with van der Waals surface area (Å²) in [5.74, 6) is -0.350. The van der Waals surface area contributed by atoms with E-state index < -0.39 is 0 Å². The predicted octanol–water partition coefficient (Wildman–Crippen LogP) is 3.08. The molecule has 0 aromatic heterocycles. The second kappa shape index (κ2) is 3.79. The van der Waals surface area contributed by atoms with Gasteiger partial charge in [-0.25, -0.2) is 4.39 Å². The van der Waals surface area contributed by atoms with Crippen LogP contribution < -0.4 is 4.90 Å². The Bertz CT molecular complexity index is 446. The van der Waals surface area contributed by atoms with Gasteiger partial charge in [0.2, 0.25) is 0 Å². The minimum absolute atomic E-state index is 0.0590. The molecule has 0 N–H and O–H groups in total. The lowest BCUT2D eigenvalue weighted by molar-refractivity contribution is 0.517. The maximum atomic E-state index is 13.0. The fourth-order valence-corrected chi connectivity index (χ4v) is 2.39. The maximum Gasteiger partial charge on any atom is 0.124 e. The molecule has 1 fully saturated rings. The van der Waals surface area contributed by atoms with Gasteiger partial charge in [0.25, 0.3) is 0 Å². The van der Waals surface area contributed by atoms with Crippen LogP contribution in [0.1, 0.15) is 32.3 Å². The van der Waals surface area contributed by atoms with Crippen molar-refractivity contribution in [3.8, 4) is 6.07 Å². The normalized spacial score (nSPS) is 18.5. The molecule has 0 aliphatic carbocycles. The molecule has 0 unspecified atom stereocenters. The first-order valence-electron chi connectivity index (χ1n) is 5.52. The summed E-state index contributed by atoms with van der Waals surface area (Å²) >= 11 is 0. The largest absolute Gasteiger partial charge is 0.365 e. The molecule has 0 saturated carbocycles. The highest BCUT2D eigenvalue weighted by Gasteiger charge is 2.33. The van der Waals surface area contributed by atoms with Gasteiger partial charge in [0.15, 0.2) is 0 Å². The third-order valence-corrected chi connectivity index (χ3v) is 3.27. The van der Waals surface area contributed by atoms with Gasteiger partial charge in [0.05, 0.1) is 11.3 Å². The molecule has 1 aliphatic rings. The molecule has 2 nitrogen and oxygen atoms in total. The van der Waals surface area contributed by atoms with Crippen LogP contribution in [-0.2, 0) is 0 Å². The second-order valence-electron chi connectivity index (χ2n) is 4.84. The van der Waals surface area contributed by atoms with Crippen LogP contribution in [0.25, 0.3) is 0 Å². The number of benzene rings is 1. The van der Waals surface area contributed by atoms with Crippen LogP contribution >= 0.6 is 0 Å². The standard InChI is InChI=1S/C13H15FN2/c1-13(2)6-3-7-16(13)12-5-4-11(14)8-10(12)9-15/h4-5,8H,3,6-7H2,1-2H3. The van der Waals surface area contributed by atoms with Crippen molar-refractivity contribution in [3.05, 3.63) is 29.6 Å². The number of rotatable bonds is 1. The van der Waals surface area contributed by atoms with Gasteiger partial charge in [0, 0.05) is 12.1 Å². The minimum atomic E-state index is -0.350. The number of halogens is 1. The number of hydrogen-bond donors (Lipinski definition) is 0. The van der Waals surface area contributed by atoms with Crippen LogP contribution in [0.2, 0.25) is 0 Å². The third kappa shape index (κ3) is 1.76. The molecule has 0 bridgehead atoms. The highest BCUT2D eigenvalue weighted by atomic mass is 19.1. The summed E-state index contributed by atoms with van der Waals surface area (Å²) in [6.45, 7) is 5.25. The number of nitrogens with zero attached hydrogens (tertiary/aromatic N) is 2. The van der Waals surface area contributed by atoms with Gasteiger partial charge in [-0.05, 0) is 44.9 Å². The van der Waals surface area contributed by atoms with Gasteiger partial charge in [-0.1, -0.05) is 0 Å². The average Bonchev–Trinajstić information content (AvgIpc) is 2.58. The number of anilines is 1. The molecule has 16 heavy (non-hydrogen) atoms. The molecule has 1 heterocycles. The molecular weight excluding hydrogens is 203 g/mol. The number of hydrogen-bond acceptors (Lipinski definition) is 2. The zero-order valence-electron chi connectivity index (χ0n) is 9.63. The van der Waals surface area contributed by atoms with E-state index in [0.29, 0.717) is 5.56 Å². The quantitative estimate of drug-likeness (QED) is 0.724. The lowest BCUT2D eigenvalue weighted by atomic mass is 10.0. The Morgan fingerprint density at radius 3 is 2.75 bits per heavy atom. The Kier molecular flexibility index (Phi) is 2.59. The van der Waals surface area contributed by atoms with E-state index in [1.165, 1.54) is 12.1 Å². The molecule has 0 amide bonds. The zero-order valence-corrected chi connectivity index (χ0v) is 9.63. The van der Waals surface area contributed by atoms with Crippen molar-refractivity contribution in [2.45, 2.75) is 32.2 Å². The molecule has 1 saturated heterocycles. The number of nitriles is 1. The van der Waals surface area contributed by atoms with E-state index in [0.717, 1.165) is 25.1 Å². The summed E-state index contributed by atoms with van der Waals surface area (Å²) in [4.78, 5) is 2.20. The fraction of sp³-hybridized carbons (Fsp3) is 0.462. The van der Waals surface area contributed by atoms with E-state index in [1.54, 1.807) is 6.07 Å². The molecule has 3 heteroatoms. The van der Waals surface area contributed by atoms with Gasteiger partial charge >= 0.3 is 0 Å². The third-order valence-electron chi connectivity index (χ3n) is 3.27. The monoisotopic (exact) mass is 218 g/mol. The van der Waals surface area contributed by atoms with Crippen LogP contribution in [-0.4, -0.2) is 12.1 Å². The van der Waals surface area contributed by atoms with Crippen LogP contribution in [0.4, 0.5) is 10.1 Å². The maximum absolute atomic E-state index is 13.0. The van der Waals surface area contributed by atoms with Crippen LogP contribution in [0.5, 0.6) is 0 Å². The predicted molar refractivity (Wildman–Crippen MR) is 61.8 cm³/mol. The first kappa shape index (κ1) is 10.9. The summed E-state index contributed by atoms with van der Waals surface area (Å²) in [5, 5.41) is 9.03. The van der Waals surface area contributed by atoms with Gasteiger partial charge in [0.1, 0.15) is 11.9 Å². The lowest BCUT2D eigenvalue weighted by Crippen LogP contribution is -2.38. The molecule has 0 spiro atoms. The van der Waals surface area contributed by atoms with Crippen molar-refractivity contribution in [3.63, 3.8) is 0 Å². The smallest absolute Gasteiger partial charge is 0.124 e. The van der Waals surface area contributed by atoms with Crippen LogP contribution in [0, 0.1) is 17.1 Å². The Morgan fingerprint density at radius 1 is 1.44 bits per heavy atom. The Labute approximate surface area is 95.3 Å². The summed E-state index contributed by atoms with van der Waals surface area (Å²) in [6, 6.07) is 6.51. The topological polar surface area (TPSA) is 27.0 Å². The molecule has 0 atom stereocenters. The van der Waals surface area contributed by atoms with Crippen LogP contribution in [0.3, 0.4) is 0 Å². The lowest BCUT2D eigenvalue weighted by Gasteiger charge is -2.34. The van der Waals surface area contributed by atoms with Gasteiger partial charge in [-0.2, -0.15) is 5.26 Å². The van der Waals surface area contributed by atoms with Crippen molar-refractivity contribution in [1.29, 1.82) is 5.26 Å².